The molecule has 78 valence electrons. The van der Waals surface area contributed by atoms with Crippen molar-refractivity contribution < 1.29 is 4.92 Å². The Balaban J connectivity index is 3.14. The SMILES string of the molecule is C[Si](C)(C)C#Cc1ncccc1[N+](=O)[O-]. The van der Waals surface area contributed by atoms with Gasteiger partial charge in [-0.3, -0.25) is 10.1 Å². The van der Waals surface area contributed by atoms with Gasteiger partial charge in [-0.05, 0) is 12.0 Å². The summed E-state index contributed by atoms with van der Waals surface area (Å²) in [5, 5.41) is 10.7. The van der Waals surface area contributed by atoms with Crippen molar-refractivity contribution in [1.29, 1.82) is 0 Å². The Morgan fingerprint density at radius 3 is 2.67 bits per heavy atom. The Bertz CT molecular complexity index is 441. The zero-order chi connectivity index (χ0) is 11.5. The first-order valence-corrected chi connectivity index (χ1v) is 8.03. The van der Waals surface area contributed by atoms with Crippen LogP contribution in [0.2, 0.25) is 19.6 Å². The molecule has 0 saturated carbocycles. The normalized spacial score (nSPS) is 10.3. The van der Waals surface area contributed by atoms with E-state index in [-0.39, 0.29) is 11.4 Å². The van der Waals surface area contributed by atoms with Gasteiger partial charge in [-0.25, -0.2) is 4.98 Å². The largest absolute Gasteiger partial charge is 0.303 e. The van der Waals surface area contributed by atoms with Gasteiger partial charge in [-0.15, -0.1) is 5.54 Å². The number of rotatable bonds is 1. The van der Waals surface area contributed by atoms with Gasteiger partial charge in [-0.1, -0.05) is 19.6 Å². The molecule has 5 heteroatoms. The van der Waals surface area contributed by atoms with Crippen LogP contribution in [0, 0.1) is 21.6 Å². The number of nitro groups is 1. The van der Waals surface area contributed by atoms with Gasteiger partial charge < -0.3 is 0 Å². The van der Waals surface area contributed by atoms with Crippen LogP contribution < -0.4 is 0 Å². The molecule has 0 aliphatic heterocycles. The van der Waals surface area contributed by atoms with Crippen LogP contribution in [0.3, 0.4) is 0 Å². The lowest BCUT2D eigenvalue weighted by molar-refractivity contribution is -0.385. The van der Waals surface area contributed by atoms with Crippen molar-refractivity contribution in [2.24, 2.45) is 0 Å². The maximum Gasteiger partial charge on any atom is 0.303 e. The maximum absolute atomic E-state index is 10.7. The number of nitrogens with zero attached hydrogens (tertiary/aromatic N) is 2. The van der Waals surface area contributed by atoms with E-state index in [1.807, 2.05) is 0 Å². The molecule has 0 N–H and O–H groups in total. The lowest BCUT2D eigenvalue weighted by Gasteiger charge is -2.03. The lowest BCUT2D eigenvalue weighted by atomic mass is 10.3. The van der Waals surface area contributed by atoms with E-state index in [0.717, 1.165) is 0 Å². The highest BCUT2D eigenvalue weighted by Gasteiger charge is 2.13. The summed E-state index contributed by atoms with van der Waals surface area (Å²) in [6.45, 7) is 6.23. The highest BCUT2D eigenvalue weighted by Crippen LogP contribution is 2.13. The van der Waals surface area contributed by atoms with Crippen molar-refractivity contribution in [3.8, 4) is 11.5 Å². The third kappa shape index (κ3) is 3.52. The topological polar surface area (TPSA) is 56.0 Å². The van der Waals surface area contributed by atoms with Crippen LogP contribution in [-0.2, 0) is 0 Å². The van der Waals surface area contributed by atoms with Crippen molar-refractivity contribution in [3.63, 3.8) is 0 Å². The van der Waals surface area contributed by atoms with Crippen LogP contribution in [0.25, 0.3) is 0 Å². The molecule has 1 aromatic rings. The van der Waals surface area contributed by atoms with Crippen molar-refractivity contribution in [2.75, 3.05) is 0 Å². The first-order chi connectivity index (χ1) is 6.90. The van der Waals surface area contributed by atoms with Gasteiger partial charge >= 0.3 is 5.69 Å². The zero-order valence-corrected chi connectivity index (χ0v) is 9.94. The van der Waals surface area contributed by atoms with Gasteiger partial charge in [0.1, 0.15) is 8.07 Å². The maximum atomic E-state index is 10.7. The third-order valence-corrected chi connectivity index (χ3v) is 2.41. The van der Waals surface area contributed by atoms with Crippen LogP contribution in [0.15, 0.2) is 18.3 Å². The molecule has 15 heavy (non-hydrogen) atoms. The van der Waals surface area contributed by atoms with E-state index in [4.69, 9.17) is 0 Å². The fourth-order valence-corrected chi connectivity index (χ4v) is 1.38. The van der Waals surface area contributed by atoms with Gasteiger partial charge in [0.25, 0.3) is 0 Å². The van der Waals surface area contributed by atoms with Crippen molar-refractivity contribution in [2.45, 2.75) is 19.6 Å². The quantitative estimate of drug-likeness (QED) is 0.315. The fourth-order valence-electron chi connectivity index (χ4n) is 0.887. The Morgan fingerprint density at radius 1 is 1.47 bits per heavy atom. The molecule has 0 saturated heterocycles. The van der Waals surface area contributed by atoms with E-state index in [9.17, 15) is 10.1 Å². The average molecular weight is 220 g/mol. The average Bonchev–Trinajstić information content (AvgIpc) is 2.14. The summed E-state index contributed by atoms with van der Waals surface area (Å²) in [7, 11) is -1.52. The third-order valence-electron chi connectivity index (χ3n) is 1.54. The number of hydrogen-bond donors (Lipinski definition) is 0. The molecule has 0 spiro atoms. The first kappa shape index (κ1) is 11.4. The molecular weight excluding hydrogens is 208 g/mol. The van der Waals surface area contributed by atoms with E-state index in [2.05, 4.69) is 36.1 Å². The van der Waals surface area contributed by atoms with E-state index in [0.29, 0.717) is 0 Å². The van der Waals surface area contributed by atoms with Crippen molar-refractivity contribution in [1.82, 2.24) is 4.98 Å². The van der Waals surface area contributed by atoms with Crippen molar-refractivity contribution >= 4 is 13.8 Å². The molecule has 0 amide bonds. The number of aromatic nitrogens is 1. The van der Waals surface area contributed by atoms with Crippen LogP contribution in [-0.4, -0.2) is 18.0 Å². The molecule has 1 heterocycles. The number of hydrogen-bond acceptors (Lipinski definition) is 3. The Kier molecular flexibility index (Phi) is 3.22. The minimum Gasteiger partial charge on any atom is -0.258 e. The van der Waals surface area contributed by atoms with Gasteiger partial charge in [0, 0.05) is 12.3 Å². The highest BCUT2D eigenvalue weighted by atomic mass is 28.3. The molecule has 0 bridgehead atoms. The summed E-state index contributed by atoms with van der Waals surface area (Å²) in [5.41, 5.74) is 3.29. The molecule has 0 unspecified atom stereocenters. The molecule has 0 radical (unpaired) electrons. The molecule has 0 aliphatic carbocycles. The Morgan fingerprint density at radius 2 is 2.13 bits per heavy atom. The predicted octanol–water partition coefficient (Wildman–Crippen LogP) is 2.22. The summed E-state index contributed by atoms with van der Waals surface area (Å²) in [5.74, 6) is 2.79. The molecule has 1 rings (SSSR count). The second-order valence-electron chi connectivity index (χ2n) is 4.13. The molecule has 0 aromatic carbocycles. The number of pyridine rings is 1. The Hall–Kier alpha value is -1.67. The summed E-state index contributed by atoms with van der Waals surface area (Å²) < 4.78 is 0. The second-order valence-corrected chi connectivity index (χ2v) is 8.88. The van der Waals surface area contributed by atoms with E-state index >= 15 is 0 Å². The standard InChI is InChI=1S/C10H12N2O2Si/c1-15(2,3)8-6-9-10(12(13)14)5-4-7-11-9/h4-5,7H,1-3H3. The van der Waals surface area contributed by atoms with Gasteiger partial charge in [0.05, 0.1) is 4.92 Å². The van der Waals surface area contributed by atoms with Gasteiger partial charge in [0.2, 0.25) is 0 Å². The van der Waals surface area contributed by atoms with Crippen LogP contribution in [0.5, 0.6) is 0 Å². The predicted molar refractivity (Wildman–Crippen MR) is 61.1 cm³/mol. The van der Waals surface area contributed by atoms with E-state index < -0.39 is 13.0 Å². The molecule has 1 aromatic heterocycles. The minimum atomic E-state index is -1.52. The zero-order valence-electron chi connectivity index (χ0n) is 8.94. The second kappa shape index (κ2) is 4.23. The minimum absolute atomic E-state index is 0.0248. The molecule has 4 nitrogen and oxygen atoms in total. The van der Waals surface area contributed by atoms with Crippen LogP contribution in [0.1, 0.15) is 5.69 Å². The molecule has 0 fully saturated rings. The van der Waals surface area contributed by atoms with E-state index in [1.54, 1.807) is 0 Å². The van der Waals surface area contributed by atoms with Crippen LogP contribution in [0.4, 0.5) is 5.69 Å². The van der Waals surface area contributed by atoms with Gasteiger partial charge in [-0.2, -0.15) is 0 Å². The molecule has 0 aliphatic rings. The summed E-state index contributed by atoms with van der Waals surface area (Å²) in [6, 6.07) is 2.96. The Labute approximate surface area is 89.5 Å². The monoisotopic (exact) mass is 220 g/mol. The van der Waals surface area contributed by atoms with Crippen LogP contribution >= 0.6 is 0 Å². The summed E-state index contributed by atoms with van der Waals surface area (Å²) >= 11 is 0. The van der Waals surface area contributed by atoms with Crippen molar-refractivity contribution in [3.05, 3.63) is 34.1 Å². The molecule has 0 atom stereocenters. The highest BCUT2D eigenvalue weighted by molar-refractivity contribution is 6.83. The van der Waals surface area contributed by atoms with E-state index in [1.165, 1.54) is 18.3 Å². The summed E-state index contributed by atoms with van der Waals surface area (Å²) in [6.07, 6.45) is 1.52. The smallest absolute Gasteiger partial charge is 0.258 e. The fraction of sp³-hybridized carbons (Fsp3) is 0.300. The first-order valence-electron chi connectivity index (χ1n) is 4.53. The lowest BCUT2D eigenvalue weighted by Crippen LogP contribution is -2.16. The summed E-state index contributed by atoms with van der Waals surface area (Å²) in [4.78, 5) is 14.1. The molecular formula is C10H12N2O2Si. The van der Waals surface area contributed by atoms with Gasteiger partial charge in [0.15, 0.2) is 5.69 Å².